The van der Waals surface area contributed by atoms with Gasteiger partial charge >= 0.3 is 0 Å². The summed E-state index contributed by atoms with van der Waals surface area (Å²) in [6.45, 7) is 1.81. The summed E-state index contributed by atoms with van der Waals surface area (Å²) in [7, 11) is 0. The zero-order chi connectivity index (χ0) is 16.4. The summed E-state index contributed by atoms with van der Waals surface area (Å²) < 4.78 is 6.19. The third kappa shape index (κ3) is 4.04. The van der Waals surface area contributed by atoms with Gasteiger partial charge in [-0.25, -0.2) is 0 Å². The Morgan fingerprint density at radius 3 is 2.52 bits per heavy atom. The SMILES string of the molecule is Clc1cncc([C@@H](Oc2cc(Cl)c(Cl)cc2Cl)[C@@H]2CCNC2)c1. The summed E-state index contributed by atoms with van der Waals surface area (Å²) >= 11 is 24.4. The fourth-order valence-electron chi connectivity index (χ4n) is 2.69. The molecular weight excluding hydrogens is 378 g/mol. The van der Waals surface area contributed by atoms with E-state index in [-0.39, 0.29) is 6.10 Å². The first-order chi connectivity index (χ1) is 11.0. The van der Waals surface area contributed by atoms with Crippen molar-refractivity contribution >= 4 is 46.4 Å². The maximum Gasteiger partial charge on any atom is 0.140 e. The predicted molar refractivity (Wildman–Crippen MR) is 95.1 cm³/mol. The van der Waals surface area contributed by atoms with Gasteiger partial charge in [-0.2, -0.15) is 0 Å². The van der Waals surface area contributed by atoms with Crippen molar-refractivity contribution in [3.63, 3.8) is 0 Å². The molecule has 2 aromatic rings. The minimum Gasteiger partial charge on any atom is -0.484 e. The topological polar surface area (TPSA) is 34.1 Å². The lowest BCUT2D eigenvalue weighted by atomic mass is 9.96. The van der Waals surface area contributed by atoms with E-state index in [9.17, 15) is 0 Å². The van der Waals surface area contributed by atoms with Crippen molar-refractivity contribution in [3.8, 4) is 5.75 Å². The van der Waals surface area contributed by atoms with Gasteiger partial charge in [0, 0.05) is 36.5 Å². The van der Waals surface area contributed by atoms with E-state index in [1.807, 2.05) is 6.07 Å². The Bertz CT molecular complexity index is 704. The molecular formula is C16H14Cl4N2O. The Morgan fingerprint density at radius 1 is 1.04 bits per heavy atom. The van der Waals surface area contributed by atoms with Gasteiger partial charge in [0.25, 0.3) is 0 Å². The van der Waals surface area contributed by atoms with Crippen molar-refractivity contribution in [2.24, 2.45) is 5.92 Å². The molecule has 1 aliphatic heterocycles. The van der Waals surface area contributed by atoms with Gasteiger partial charge in [-0.3, -0.25) is 4.98 Å². The number of rotatable bonds is 4. The van der Waals surface area contributed by atoms with Crippen molar-refractivity contribution in [1.82, 2.24) is 10.3 Å². The van der Waals surface area contributed by atoms with E-state index in [4.69, 9.17) is 51.1 Å². The molecule has 3 nitrogen and oxygen atoms in total. The molecule has 0 aliphatic carbocycles. The molecule has 0 saturated carbocycles. The number of benzene rings is 1. The second kappa shape index (κ2) is 7.45. The van der Waals surface area contributed by atoms with E-state index in [2.05, 4.69) is 10.3 Å². The van der Waals surface area contributed by atoms with Crippen molar-refractivity contribution in [2.45, 2.75) is 12.5 Å². The van der Waals surface area contributed by atoms with Crippen LogP contribution in [0.3, 0.4) is 0 Å². The molecule has 23 heavy (non-hydrogen) atoms. The summed E-state index contributed by atoms with van der Waals surface area (Å²) in [4.78, 5) is 4.16. The van der Waals surface area contributed by atoms with Crippen LogP contribution in [0.4, 0.5) is 0 Å². The maximum atomic E-state index is 6.25. The number of nitrogens with zero attached hydrogens (tertiary/aromatic N) is 1. The Balaban J connectivity index is 1.94. The molecule has 1 N–H and O–H groups in total. The van der Waals surface area contributed by atoms with Crippen molar-refractivity contribution in [1.29, 1.82) is 0 Å². The van der Waals surface area contributed by atoms with Crippen LogP contribution in [0, 0.1) is 5.92 Å². The maximum absolute atomic E-state index is 6.25. The number of nitrogens with one attached hydrogen (secondary N) is 1. The number of halogens is 4. The monoisotopic (exact) mass is 390 g/mol. The zero-order valence-corrected chi connectivity index (χ0v) is 15.1. The molecule has 1 aliphatic rings. The largest absolute Gasteiger partial charge is 0.484 e. The standard InChI is InChI=1S/C16H14Cl4N2O/c17-11-3-10(7-22-8-11)16(9-1-2-21-6-9)23-15-5-13(19)12(18)4-14(15)20/h3-5,7-9,16,21H,1-2,6H2/t9-,16+/m1/s1. The third-order valence-electron chi connectivity index (χ3n) is 3.81. The summed E-state index contributed by atoms with van der Waals surface area (Å²) in [5, 5.41) is 5.14. The molecule has 2 atom stereocenters. The van der Waals surface area contributed by atoms with Crippen LogP contribution in [0.1, 0.15) is 18.1 Å². The molecule has 0 spiro atoms. The fraction of sp³-hybridized carbons (Fsp3) is 0.312. The van der Waals surface area contributed by atoms with E-state index in [0.29, 0.717) is 31.8 Å². The van der Waals surface area contributed by atoms with Crippen molar-refractivity contribution < 1.29 is 4.74 Å². The Hall–Kier alpha value is -0.710. The van der Waals surface area contributed by atoms with Crippen LogP contribution in [-0.4, -0.2) is 18.1 Å². The lowest BCUT2D eigenvalue weighted by Crippen LogP contribution is -2.21. The number of hydrogen-bond donors (Lipinski definition) is 1. The number of ether oxygens (including phenoxy) is 1. The lowest BCUT2D eigenvalue weighted by molar-refractivity contribution is 0.144. The molecule has 2 heterocycles. The van der Waals surface area contributed by atoms with Crippen LogP contribution < -0.4 is 10.1 Å². The first-order valence-electron chi connectivity index (χ1n) is 7.17. The quantitative estimate of drug-likeness (QED) is 0.706. The molecule has 1 fully saturated rings. The molecule has 1 saturated heterocycles. The summed E-state index contributed by atoms with van der Waals surface area (Å²) in [5.74, 6) is 0.790. The average molecular weight is 392 g/mol. The highest BCUT2D eigenvalue weighted by Gasteiger charge is 2.29. The second-order valence-corrected chi connectivity index (χ2v) is 7.08. The fourth-order valence-corrected chi connectivity index (χ4v) is 3.45. The molecule has 7 heteroatoms. The molecule has 0 radical (unpaired) electrons. The molecule has 3 rings (SSSR count). The van der Waals surface area contributed by atoms with Crippen LogP contribution in [0.5, 0.6) is 5.75 Å². The van der Waals surface area contributed by atoms with Crippen LogP contribution in [-0.2, 0) is 0 Å². The number of pyridine rings is 1. The predicted octanol–water partition coefficient (Wildman–Crippen LogP) is 5.42. The molecule has 1 aromatic carbocycles. The average Bonchev–Trinajstić information content (AvgIpc) is 3.03. The molecule has 1 aromatic heterocycles. The normalized spacial score (nSPS) is 18.9. The lowest BCUT2D eigenvalue weighted by Gasteiger charge is -2.25. The van der Waals surface area contributed by atoms with E-state index >= 15 is 0 Å². The van der Waals surface area contributed by atoms with E-state index in [1.165, 1.54) is 0 Å². The Kier molecular flexibility index (Phi) is 5.55. The highest BCUT2D eigenvalue weighted by atomic mass is 35.5. The zero-order valence-electron chi connectivity index (χ0n) is 12.0. The van der Waals surface area contributed by atoms with Crippen LogP contribution in [0.25, 0.3) is 0 Å². The first kappa shape index (κ1) is 17.1. The molecule has 122 valence electrons. The van der Waals surface area contributed by atoms with Crippen LogP contribution in [0.15, 0.2) is 30.6 Å². The van der Waals surface area contributed by atoms with Gasteiger partial charge < -0.3 is 10.1 Å². The second-order valence-electron chi connectivity index (χ2n) is 5.42. The smallest absolute Gasteiger partial charge is 0.140 e. The third-order valence-corrected chi connectivity index (χ3v) is 5.03. The summed E-state index contributed by atoms with van der Waals surface area (Å²) in [5.41, 5.74) is 0.910. The van der Waals surface area contributed by atoms with E-state index < -0.39 is 0 Å². The molecule has 0 bridgehead atoms. The van der Waals surface area contributed by atoms with Gasteiger partial charge in [0.1, 0.15) is 11.9 Å². The number of aromatic nitrogens is 1. The van der Waals surface area contributed by atoms with Crippen LogP contribution >= 0.6 is 46.4 Å². The van der Waals surface area contributed by atoms with E-state index in [1.54, 1.807) is 24.5 Å². The highest BCUT2D eigenvalue weighted by molar-refractivity contribution is 6.43. The Morgan fingerprint density at radius 2 is 1.83 bits per heavy atom. The van der Waals surface area contributed by atoms with Crippen LogP contribution in [0.2, 0.25) is 20.1 Å². The van der Waals surface area contributed by atoms with Gasteiger partial charge in [-0.1, -0.05) is 46.4 Å². The number of hydrogen-bond acceptors (Lipinski definition) is 3. The minimum atomic E-state index is -0.217. The van der Waals surface area contributed by atoms with Gasteiger partial charge in [0.05, 0.1) is 20.1 Å². The minimum absolute atomic E-state index is 0.217. The summed E-state index contributed by atoms with van der Waals surface area (Å²) in [6, 6.07) is 5.09. The van der Waals surface area contributed by atoms with Gasteiger partial charge in [-0.05, 0) is 25.1 Å². The first-order valence-corrected chi connectivity index (χ1v) is 8.68. The van der Waals surface area contributed by atoms with Gasteiger partial charge in [0.15, 0.2) is 0 Å². The molecule has 0 amide bonds. The van der Waals surface area contributed by atoms with Crippen molar-refractivity contribution in [3.05, 3.63) is 56.2 Å². The van der Waals surface area contributed by atoms with Crippen molar-refractivity contribution in [2.75, 3.05) is 13.1 Å². The van der Waals surface area contributed by atoms with E-state index in [0.717, 1.165) is 25.1 Å². The van der Waals surface area contributed by atoms with Gasteiger partial charge in [0.2, 0.25) is 0 Å². The molecule has 0 unspecified atom stereocenters. The summed E-state index contributed by atoms with van der Waals surface area (Å²) in [6.07, 6.45) is 4.14. The highest BCUT2D eigenvalue weighted by Crippen LogP contribution is 2.39. The Labute approximate surface area is 154 Å². The van der Waals surface area contributed by atoms with Gasteiger partial charge in [-0.15, -0.1) is 0 Å².